The van der Waals surface area contributed by atoms with Crippen LogP contribution in [-0.4, -0.2) is 31.7 Å². The van der Waals surface area contributed by atoms with Crippen LogP contribution in [0, 0.1) is 0 Å². The SMILES string of the molecule is COC(=O)[C@]1([NH3+])CCNC1. The van der Waals surface area contributed by atoms with Crippen LogP contribution in [0.25, 0.3) is 0 Å². The summed E-state index contributed by atoms with van der Waals surface area (Å²) < 4.78 is 4.60. The van der Waals surface area contributed by atoms with Crippen molar-refractivity contribution >= 4 is 5.97 Å². The van der Waals surface area contributed by atoms with Crippen molar-refractivity contribution < 1.29 is 15.3 Å². The van der Waals surface area contributed by atoms with Gasteiger partial charge in [-0.3, -0.25) is 0 Å². The lowest BCUT2D eigenvalue weighted by Gasteiger charge is -2.14. The second-order valence-corrected chi connectivity index (χ2v) is 2.70. The monoisotopic (exact) mass is 145 g/mol. The number of carbonyl (C=O) groups excluding carboxylic acids is 1. The van der Waals surface area contributed by atoms with Crippen molar-refractivity contribution in [1.82, 2.24) is 5.32 Å². The second-order valence-electron chi connectivity index (χ2n) is 2.70. The molecular formula is C6H13N2O2+. The fourth-order valence-corrected chi connectivity index (χ4v) is 1.13. The Morgan fingerprint density at radius 2 is 2.50 bits per heavy atom. The van der Waals surface area contributed by atoms with Crippen molar-refractivity contribution in [3.05, 3.63) is 0 Å². The van der Waals surface area contributed by atoms with Gasteiger partial charge >= 0.3 is 5.97 Å². The number of hydrogen-bond acceptors (Lipinski definition) is 3. The lowest BCUT2D eigenvalue weighted by atomic mass is 10.0. The lowest BCUT2D eigenvalue weighted by Crippen LogP contribution is -2.78. The third-order valence-corrected chi connectivity index (χ3v) is 1.86. The molecule has 58 valence electrons. The highest BCUT2D eigenvalue weighted by Crippen LogP contribution is 2.09. The largest absolute Gasteiger partial charge is 0.464 e. The van der Waals surface area contributed by atoms with Gasteiger partial charge in [0.2, 0.25) is 5.54 Å². The number of quaternary nitrogens is 1. The molecule has 0 unspecified atom stereocenters. The van der Waals surface area contributed by atoms with Gasteiger partial charge in [0, 0.05) is 13.0 Å². The van der Waals surface area contributed by atoms with Crippen molar-refractivity contribution in [3.63, 3.8) is 0 Å². The Morgan fingerprint density at radius 1 is 1.80 bits per heavy atom. The van der Waals surface area contributed by atoms with Gasteiger partial charge in [0.15, 0.2) is 0 Å². The Balaban J connectivity index is 2.58. The zero-order valence-electron chi connectivity index (χ0n) is 6.14. The molecule has 1 aliphatic heterocycles. The minimum Gasteiger partial charge on any atom is -0.464 e. The summed E-state index contributed by atoms with van der Waals surface area (Å²) in [5.74, 6) is -0.211. The Labute approximate surface area is 59.7 Å². The molecule has 0 amide bonds. The molecule has 0 radical (unpaired) electrons. The maximum Gasteiger partial charge on any atom is 0.369 e. The summed E-state index contributed by atoms with van der Waals surface area (Å²) in [5.41, 5.74) is 3.28. The molecule has 0 aliphatic carbocycles. The van der Waals surface area contributed by atoms with Crippen molar-refractivity contribution in [2.45, 2.75) is 12.0 Å². The molecule has 1 saturated heterocycles. The zero-order valence-corrected chi connectivity index (χ0v) is 6.14. The van der Waals surface area contributed by atoms with Crippen LogP contribution in [0.1, 0.15) is 6.42 Å². The first kappa shape index (κ1) is 7.50. The van der Waals surface area contributed by atoms with Crippen LogP contribution in [-0.2, 0) is 9.53 Å². The number of esters is 1. The van der Waals surface area contributed by atoms with Gasteiger partial charge in [0.1, 0.15) is 0 Å². The molecular weight excluding hydrogens is 132 g/mol. The van der Waals surface area contributed by atoms with Gasteiger partial charge < -0.3 is 15.8 Å². The van der Waals surface area contributed by atoms with Crippen molar-refractivity contribution in [3.8, 4) is 0 Å². The average molecular weight is 145 g/mol. The number of ether oxygens (including phenoxy) is 1. The first-order valence-corrected chi connectivity index (χ1v) is 3.33. The summed E-state index contributed by atoms with van der Waals surface area (Å²) in [6, 6.07) is 0. The predicted octanol–water partition coefficient (Wildman–Crippen LogP) is -1.87. The zero-order chi connectivity index (χ0) is 7.61. The number of rotatable bonds is 1. The van der Waals surface area contributed by atoms with Crippen LogP contribution in [0.5, 0.6) is 0 Å². The van der Waals surface area contributed by atoms with E-state index in [1.807, 2.05) is 0 Å². The van der Waals surface area contributed by atoms with Crippen LogP contribution in [0.2, 0.25) is 0 Å². The minimum absolute atomic E-state index is 0.211. The summed E-state index contributed by atoms with van der Waals surface area (Å²) in [6.07, 6.45) is 0.777. The fraction of sp³-hybridized carbons (Fsp3) is 0.833. The predicted molar refractivity (Wildman–Crippen MR) is 35.1 cm³/mol. The topological polar surface area (TPSA) is 66.0 Å². The van der Waals surface area contributed by atoms with Gasteiger partial charge in [-0.25, -0.2) is 4.79 Å². The maximum atomic E-state index is 11.0. The van der Waals surface area contributed by atoms with E-state index in [1.165, 1.54) is 7.11 Å². The third-order valence-electron chi connectivity index (χ3n) is 1.86. The standard InChI is InChI=1S/C6H12N2O2/c1-10-5(9)6(7)2-3-8-4-6/h8H,2-4,7H2,1H3/p+1/t6-/m0/s1. The molecule has 4 nitrogen and oxygen atoms in total. The molecule has 1 rings (SSSR count). The summed E-state index contributed by atoms with van der Waals surface area (Å²) in [6.45, 7) is 1.50. The summed E-state index contributed by atoms with van der Waals surface area (Å²) in [7, 11) is 1.40. The number of nitrogens with one attached hydrogen (secondary N) is 1. The van der Waals surface area contributed by atoms with Crippen LogP contribution in [0.15, 0.2) is 0 Å². The second kappa shape index (κ2) is 2.56. The molecule has 1 aliphatic rings. The smallest absolute Gasteiger partial charge is 0.369 e. The van der Waals surface area contributed by atoms with Crippen molar-refractivity contribution in [1.29, 1.82) is 0 Å². The van der Waals surface area contributed by atoms with E-state index in [2.05, 4.69) is 15.8 Å². The summed E-state index contributed by atoms with van der Waals surface area (Å²) in [4.78, 5) is 11.0. The lowest BCUT2D eigenvalue weighted by molar-refractivity contribution is -0.455. The summed E-state index contributed by atoms with van der Waals surface area (Å²) >= 11 is 0. The van der Waals surface area contributed by atoms with Crippen LogP contribution < -0.4 is 11.1 Å². The van der Waals surface area contributed by atoms with Gasteiger partial charge in [-0.05, 0) is 0 Å². The van der Waals surface area contributed by atoms with Crippen molar-refractivity contribution in [2.24, 2.45) is 0 Å². The van der Waals surface area contributed by atoms with Crippen LogP contribution >= 0.6 is 0 Å². The fourth-order valence-electron chi connectivity index (χ4n) is 1.13. The van der Waals surface area contributed by atoms with Gasteiger partial charge in [-0.1, -0.05) is 0 Å². The van der Waals surface area contributed by atoms with Gasteiger partial charge in [-0.15, -0.1) is 0 Å². The molecule has 0 aromatic heterocycles. The number of carbonyl (C=O) groups is 1. The van der Waals surface area contributed by atoms with Gasteiger partial charge in [0.05, 0.1) is 13.7 Å². The Morgan fingerprint density at radius 3 is 2.90 bits per heavy atom. The highest BCUT2D eigenvalue weighted by Gasteiger charge is 2.42. The maximum absolute atomic E-state index is 11.0. The summed E-state index contributed by atoms with van der Waals surface area (Å²) in [5, 5.41) is 3.06. The van der Waals surface area contributed by atoms with Gasteiger partial charge in [0.25, 0.3) is 0 Å². The number of hydrogen-bond donors (Lipinski definition) is 2. The molecule has 4 N–H and O–H groups in total. The Kier molecular flexibility index (Phi) is 1.92. The molecule has 1 heterocycles. The van der Waals surface area contributed by atoms with Gasteiger partial charge in [-0.2, -0.15) is 0 Å². The molecule has 1 fully saturated rings. The third kappa shape index (κ3) is 1.12. The first-order valence-electron chi connectivity index (χ1n) is 3.33. The van der Waals surface area contributed by atoms with Crippen molar-refractivity contribution in [2.75, 3.05) is 20.2 Å². The molecule has 0 bridgehead atoms. The van der Waals surface area contributed by atoms with E-state index in [-0.39, 0.29) is 5.97 Å². The van der Waals surface area contributed by atoms with E-state index in [9.17, 15) is 4.79 Å². The van der Waals surface area contributed by atoms with E-state index in [4.69, 9.17) is 0 Å². The van der Waals surface area contributed by atoms with E-state index < -0.39 is 5.54 Å². The molecule has 4 heteroatoms. The molecule has 0 aromatic carbocycles. The highest BCUT2D eigenvalue weighted by molar-refractivity contribution is 5.79. The van der Waals surface area contributed by atoms with Crippen LogP contribution in [0.3, 0.4) is 0 Å². The highest BCUT2D eigenvalue weighted by atomic mass is 16.5. The van der Waals surface area contributed by atoms with E-state index in [0.717, 1.165) is 13.0 Å². The Hall–Kier alpha value is -0.610. The normalized spacial score (nSPS) is 32.2. The molecule has 0 spiro atoms. The minimum atomic E-state index is -0.519. The molecule has 10 heavy (non-hydrogen) atoms. The molecule has 0 saturated carbocycles. The number of methoxy groups -OCH3 is 1. The first-order chi connectivity index (χ1) is 4.69. The van der Waals surface area contributed by atoms with E-state index >= 15 is 0 Å². The molecule has 1 atom stereocenters. The van der Waals surface area contributed by atoms with Crippen LogP contribution in [0.4, 0.5) is 0 Å². The molecule has 0 aromatic rings. The van der Waals surface area contributed by atoms with E-state index in [1.54, 1.807) is 0 Å². The van der Waals surface area contributed by atoms with E-state index in [0.29, 0.717) is 6.54 Å². The quantitative estimate of drug-likeness (QED) is 0.425. The average Bonchev–Trinajstić information content (AvgIpc) is 2.36. The Bertz CT molecular complexity index is 141.